The Morgan fingerprint density at radius 3 is 1.60 bits per heavy atom. The van der Waals surface area contributed by atoms with Gasteiger partial charge in [-0.15, -0.1) is 0 Å². The zero-order valence-corrected chi connectivity index (χ0v) is 27.0. The first-order valence-corrected chi connectivity index (χ1v) is 16.8. The van der Waals surface area contributed by atoms with E-state index in [1.54, 1.807) is 0 Å². The van der Waals surface area contributed by atoms with Crippen LogP contribution in [-0.2, 0) is 0 Å². The Labute approximate surface area is 288 Å². The van der Waals surface area contributed by atoms with Crippen LogP contribution in [0.15, 0.2) is 191 Å². The standard InChI is InChI=1S/C46H30N2O2/c1-4-17-33(18-5-1)47(34-19-6-2-7-20-34)36-29-39-38-27-31-15-10-11-16-32(31)28-44(38)50-46(39)41(30-36)48(35-21-8-3-9-22-35)40-24-14-26-43-45(40)37-23-12-13-25-42(37)49-43/h1-30H. The minimum absolute atomic E-state index is 0.814. The summed E-state index contributed by atoms with van der Waals surface area (Å²) in [5.41, 5.74) is 9.46. The minimum Gasteiger partial charge on any atom is -0.456 e. The van der Waals surface area contributed by atoms with Crippen LogP contribution in [0.25, 0.3) is 54.6 Å². The van der Waals surface area contributed by atoms with Gasteiger partial charge in [0.25, 0.3) is 0 Å². The van der Waals surface area contributed by atoms with Crippen LogP contribution in [0, 0.1) is 0 Å². The monoisotopic (exact) mass is 642 g/mol. The van der Waals surface area contributed by atoms with E-state index in [0.29, 0.717) is 0 Å². The van der Waals surface area contributed by atoms with Crippen LogP contribution in [0.1, 0.15) is 0 Å². The smallest absolute Gasteiger partial charge is 0.159 e. The normalized spacial score (nSPS) is 11.6. The number of nitrogens with zero attached hydrogens (tertiary/aromatic N) is 2. The van der Waals surface area contributed by atoms with Crippen molar-refractivity contribution in [3.63, 3.8) is 0 Å². The van der Waals surface area contributed by atoms with E-state index >= 15 is 0 Å². The number of para-hydroxylation sites is 4. The molecule has 2 aromatic heterocycles. The molecule has 8 aromatic carbocycles. The second-order valence-electron chi connectivity index (χ2n) is 12.6. The van der Waals surface area contributed by atoms with Crippen LogP contribution >= 0.6 is 0 Å². The van der Waals surface area contributed by atoms with Crippen molar-refractivity contribution in [3.05, 3.63) is 182 Å². The maximum absolute atomic E-state index is 6.96. The van der Waals surface area contributed by atoms with E-state index < -0.39 is 0 Å². The molecule has 50 heavy (non-hydrogen) atoms. The van der Waals surface area contributed by atoms with Crippen LogP contribution in [0.5, 0.6) is 0 Å². The second-order valence-corrected chi connectivity index (χ2v) is 12.6. The molecule has 0 amide bonds. The summed E-state index contributed by atoms with van der Waals surface area (Å²) in [5, 5.41) is 6.55. The molecule has 0 N–H and O–H groups in total. The molecular formula is C46H30N2O2. The van der Waals surface area contributed by atoms with E-state index in [4.69, 9.17) is 8.83 Å². The van der Waals surface area contributed by atoms with Crippen molar-refractivity contribution in [1.29, 1.82) is 0 Å². The molecule has 0 aliphatic rings. The zero-order valence-electron chi connectivity index (χ0n) is 27.0. The fraction of sp³-hybridized carbons (Fsp3) is 0. The summed E-state index contributed by atoms with van der Waals surface area (Å²) in [4.78, 5) is 4.65. The lowest BCUT2D eigenvalue weighted by atomic mass is 10.0. The molecule has 0 aliphatic heterocycles. The molecule has 10 rings (SSSR count). The second kappa shape index (κ2) is 11.4. The molecule has 0 bridgehead atoms. The Bertz CT molecular complexity index is 2780. The molecule has 236 valence electrons. The molecule has 0 unspecified atom stereocenters. The lowest BCUT2D eigenvalue weighted by molar-refractivity contribution is 0.668. The molecule has 0 radical (unpaired) electrons. The van der Waals surface area contributed by atoms with Gasteiger partial charge in [-0.05, 0) is 89.6 Å². The van der Waals surface area contributed by atoms with Crippen LogP contribution < -0.4 is 9.80 Å². The fourth-order valence-corrected chi connectivity index (χ4v) is 7.35. The van der Waals surface area contributed by atoms with Crippen molar-refractivity contribution < 1.29 is 8.83 Å². The summed E-state index contributed by atoms with van der Waals surface area (Å²) in [6.07, 6.45) is 0. The molecule has 0 saturated heterocycles. The summed E-state index contributed by atoms with van der Waals surface area (Å²) in [5.74, 6) is 0. The molecule has 4 nitrogen and oxygen atoms in total. The van der Waals surface area contributed by atoms with E-state index in [1.807, 2.05) is 18.2 Å². The molecule has 0 fully saturated rings. The van der Waals surface area contributed by atoms with Gasteiger partial charge in [0.05, 0.1) is 16.8 Å². The average Bonchev–Trinajstić information content (AvgIpc) is 3.74. The van der Waals surface area contributed by atoms with Crippen LogP contribution in [0.3, 0.4) is 0 Å². The van der Waals surface area contributed by atoms with Crippen LogP contribution in [0.2, 0.25) is 0 Å². The minimum atomic E-state index is 0.814. The predicted octanol–water partition coefficient (Wildman–Crippen LogP) is 13.6. The number of hydrogen-bond donors (Lipinski definition) is 0. The summed E-state index contributed by atoms with van der Waals surface area (Å²) >= 11 is 0. The van der Waals surface area contributed by atoms with Crippen LogP contribution in [-0.4, -0.2) is 0 Å². The highest BCUT2D eigenvalue weighted by Crippen LogP contribution is 2.49. The van der Waals surface area contributed by atoms with Gasteiger partial charge in [-0.2, -0.15) is 0 Å². The fourth-order valence-electron chi connectivity index (χ4n) is 7.35. The van der Waals surface area contributed by atoms with E-state index in [0.717, 1.165) is 83.4 Å². The number of rotatable bonds is 6. The number of benzene rings is 8. The summed E-state index contributed by atoms with van der Waals surface area (Å²) in [7, 11) is 0. The van der Waals surface area contributed by atoms with Gasteiger partial charge in [-0.25, -0.2) is 0 Å². The van der Waals surface area contributed by atoms with Gasteiger partial charge < -0.3 is 18.6 Å². The first-order chi connectivity index (χ1) is 24.8. The number of hydrogen-bond acceptors (Lipinski definition) is 4. The van der Waals surface area contributed by atoms with Gasteiger partial charge in [0, 0.05) is 38.9 Å². The van der Waals surface area contributed by atoms with E-state index in [2.05, 4.69) is 174 Å². The molecule has 4 heteroatoms. The Hall–Kier alpha value is -6.78. The van der Waals surface area contributed by atoms with Crippen molar-refractivity contribution >= 4 is 88.8 Å². The summed E-state index contributed by atoms with van der Waals surface area (Å²) in [6, 6.07) is 63.6. The van der Waals surface area contributed by atoms with Gasteiger partial charge >= 0.3 is 0 Å². The van der Waals surface area contributed by atoms with Gasteiger partial charge in [-0.3, -0.25) is 0 Å². The Kier molecular flexibility index (Phi) is 6.46. The van der Waals surface area contributed by atoms with E-state index in [9.17, 15) is 0 Å². The highest BCUT2D eigenvalue weighted by molar-refractivity contribution is 6.18. The Morgan fingerprint density at radius 1 is 0.320 bits per heavy atom. The molecule has 10 aromatic rings. The molecular weight excluding hydrogens is 613 g/mol. The average molecular weight is 643 g/mol. The third-order valence-electron chi connectivity index (χ3n) is 9.57. The third-order valence-corrected chi connectivity index (χ3v) is 9.57. The first-order valence-electron chi connectivity index (χ1n) is 16.8. The van der Waals surface area contributed by atoms with Crippen molar-refractivity contribution in [2.24, 2.45) is 0 Å². The SMILES string of the molecule is c1ccc(N(c2ccccc2)c2cc(N(c3ccccc3)c3cccc4oc5ccccc5c34)c3oc4cc5ccccc5cc4c3c2)cc1. The highest BCUT2D eigenvalue weighted by Gasteiger charge is 2.26. The van der Waals surface area contributed by atoms with Gasteiger partial charge in [0.15, 0.2) is 5.58 Å². The summed E-state index contributed by atoms with van der Waals surface area (Å²) < 4.78 is 13.4. The van der Waals surface area contributed by atoms with Gasteiger partial charge in [0.2, 0.25) is 0 Å². The van der Waals surface area contributed by atoms with E-state index in [1.165, 1.54) is 5.39 Å². The topological polar surface area (TPSA) is 32.8 Å². The van der Waals surface area contributed by atoms with Gasteiger partial charge in [-0.1, -0.05) is 103 Å². The van der Waals surface area contributed by atoms with Crippen molar-refractivity contribution in [1.82, 2.24) is 0 Å². The molecule has 2 heterocycles. The number of furan rings is 2. The maximum Gasteiger partial charge on any atom is 0.159 e. The third kappa shape index (κ3) is 4.54. The highest BCUT2D eigenvalue weighted by atomic mass is 16.3. The van der Waals surface area contributed by atoms with Crippen molar-refractivity contribution in [3.8, 4) is 0 Å². The van der Waals surface area contributed by atoms with E-state index in [-0.39, 0.29) is 0 Å². The first kappa shape index (κ1) is 28.3. The Balaban J connectivity index is 1.35. The largest absolute Gasteiger partial charge is 0.456 e. The lowest BCUT2D eigenvalue weighted by Gasteiger charge is -2.30. The molecule has 0 aliphatic carbocycles. The maximum atomic E-state index is 6.96. The molecule has 0 atom stereocenters. The summed E-state index contributed by atoms with van der Waals surface area (Å²) in [6.45, 7) is 0. The lowest BCUT2D eigenvalue weighted by Crippen LogP contribution is -2.13. The molecule has 0 spiro atoms. The number of anilines is 6. The predicted molar refractivity (Wildman–Crippen MR) is 208 cm³/mol. The number of fused-ring (bicyclic) bond motifs is 7. The van der Waals surface area contributed by atoms with Crippen LogP contribution in [0.4, 0.5) is 34.1 Å². The Morgan fingerprint density at radius 2 is 0.900 bits per heavy atom. The van der Waals surface area contributed by atoms with Crippen molar-refractivity contribution in [2.45, 2.75) is 0 Å². The van der Waals surface area contributed by atoms with Crippen molar-refractivity contribution in [2.75, 3.05) is 9.80 Å². The quantitative estimate of drug-likeness (QED) is 0.181. The molecule has 0 saturated carbocycles. The van der Waals surface area contributed by atoms with Gasteiger partial charge in [0.1, 0.15) is 16.7 Å². The zero-order chi connectivity index (χ0) is 33.0.